The Balaban J connectivity index is 1.66. The number of aryl methyl sites for hydroxylation is 1. The van der Waals surface area contributed by atoms with Crippen LogP contribution in [0.3, 0.4) is 0 Å². The van der Waals surface area contributed by atoms with Crippen LogP contribution < -0.4 is 0 Å². The highest BCUT2D eigenvalue weighted by Crippen LogP contribution is 2.26. The molecule has 1 saturated heterocycles. The number of furan rings is 1. The largest absolute Gasteiger partial charge is 0.464 e. The molecule has 2 aromatic rings. The molecule has 0 unspecified atom stereocenters. The van der Waals surface area contributed by atoms with Crippen molar-refractivity contribution in [3.05, 3.63) is 53.7 Å². The van der Waals surface area contributed by atoms with Crippen LogP contribution >= 0.6 is 0 Å². The summed E-state index contributed by atoms with van der Waals surface area (Å²) in [5.74, 6) is 2.07. The first kappa shape index (κ1) is 14.3. The van der Waals surface area contributed by atoms with Gasteiger partial charge in [-0.05, 0) is 36.2 Å². The molecular formula is C17H22N2O2. The van der Waals surface area contributed by atoms with Crippen LogP contribution in [0.15, 0.2) is 41.1 Å². The quantitative estimate of drug-likeness (QED) is 0.847. The van der Waals surface area contributed by atoms with E-state index in [0.717, 1.165) is 44.1 Å². The van der Waals surface area contributed by atoms with Crippen molar-refractivity contribution in [2.75, 3.05) is 26.3 Å². The molecule has 0 radical (unpaired) electrons. The van der Waals surface area contributed by atoms with Gasteiger partial charge in [0.05, 0.1) is 19.3 Å². The first-order valence-corrected chi connectivity index (χ1v) is 7.66. The SMILES string of the molecule is CCc1ccc([C@@H]2COCCN2CCc2ccncc2)o1. The van der Waals surface area contributed by atoms with E-state index in [1.165, 1.54) is 5.56 Å². The number of morpholine rings is 1. The zero-order valence-electron chi connectivity index (χ0n) is 12.5. The van der Waals surface area contributed by atoms with Crippen LogP contribution in [0.1, 0.15) is 30.0 Å². The van der Waals surface area contributed by atoms with Gasteiger partial charge in [0.2, 0.25) is 0 Å². The lowest BCUT2D eigenvalue weighted by atomic mass is 10.1. The van der Waals surface area contributed by atoms with E-state index in [2.05, 4.69) is 41.1 Å². The predicted molar refractivity (Wildman–Crippen MR) is 81.2 cm³/mol. The fraction of sp³-hybridized carbons (Fsp3) is 0.471. The second-order valence-corrected chi connectivity index (χ2v) is 5.39. The van der Waals surface area contributed by atoms with Crippen LogP contribution in [0.2, 0.25) is 0 Å². The van der Waals surface area contributed by atoms with E-state index < -0.39 is 0 Å². The van der Waals surface area contributed by atoms with Crippen molar-refractivity contribution >= 4 is 0 Å². The summed E-state index contributed by atoms with van der Waals surface area (Å²) in [5, 5.41) is 0. The zero-order valence-corrected chi connectivity index (χ0v) is 12.5. The van der Waals surface area contributed by atoms with Gasteiger partial charge in [-0.25, -0.2) is 0 Å². The third-order valence-corrected chi connectivity index (χ3v) is 4.04. The predicted octanol–water partition coefficient (Wildman–Crippen LogP) is 2.85. The minimum atomic E-state index is 0.237. The van der Waals surface area contributed by atoms with Gasteiger partial charge in [-0.3, -0.25) is 9.88 Å². The smallest absolute Gasteiger partial charge is 0.123 e. The highest BCUT2D eigenvalue weighted by molar-refractivity contribution is 5.13. The molecule has 1 atom stereocenters. The maximum atomic E-state index is 5.92. The summed E-state index contributed by atoms with van der Waals surface area (Å²) in [5.41, 5.74) is 1.32. The van der Waals surface area contributed by atoms with Gasteiger partial charge in [0, 0.05) is 31.9 Å². The summed E-state index contributed by atoms with van der Waals surface area (Å²) >= 11 is 0. The number of hydrogen-bond acceptors (Lipinski definition) is 4. The molecule has 1 aliphatic rings. The molecule has 0 spiro atoms. The van der Waals surface area contributed by atoms with E-state index in [1.54, 1.807) is 0 Å². The van der Waals surface area contributed by atoms with Crippen molar-refractivity contribution in [1.82, 2.24) is 9.88 Å². The lowest BCUT2D eigenvalue weighted by Crippen LogP contribution is -2.40. The molecule has 3 heterocycles. The normalized spacial score (nSPS) is 19.8. The standard InChI is InChI=1S/C17H22N2O2/c1-2-15-3-4-17(21-15)16-13-20-12-11-19(16)10-7-14-5-8-18-9-6-14/h3-6,8-9,16H,2,7,10-13H2,1H3/t16-/m0/s1. The second kappa shape index (κ2) is 6.87. The van der Waals surface area contributed by atoms with Gasteiger partial charge in [-0.1, -0.05) is 6.92 Å². The second-order valence-electron chi connectivity index (χ2n) is 5.39. The highest BCUT2D eigenvalue weighted by atomic mass is 16.5. The van der Waals surface area contributed by atoms with E-state index in [1.807, 2.05) is 12.4 Å². The molecule has 1 aliphatic heterocycles. The van der Waals surface area contributed by atoms with Gasteiger partial charge >= 0.3 is 0 Å². The maximum Gasteiger partial charge on any atom is 0.123 e. The summed E-state index contributed by atoms with van der Waals surface area (Å²) in [6, 6.07) is 8.57. The molecule has 112 valence electrons. The summed E-state index contributed by atoms with van der Waals surface area (Å²) in [7, 11) is 0. The highest BCUT2D eigenvalue weighted by Gasteiger charge is 2.26. The van der Waals surface area contributed by atoms with Crippen molar-refractivity contribution in [2.24, 2.45) is 0 Å². The molecule has 0 N–H and O–H groups in total. The Morgan fingerprint density at radius 2 is 2.10 bits per heavy atom. The average molecular weight is 286 g/mol. The Morgan fingerprint density at radius 3 is 2.86 bits per heavy atom. The van der Waals surface area contributed by atoms with Crippen LogP contribution in [0.25, 0.3) is 0 Å². The Hall–Kier alpha value is -1.65. The maximum absolute atomic E-state index is 5.92. The molecule has 3 rings (SSSR count). The molecule has 21 heavy (non-hydrogen) atoms. The van der Waals surface area contributed by atoms with Crippen molar-refractivity contribution in [1.29, 1.82) is 0 Å². The molecule has 2 aromatic heterocycles. The summed E-state index contributed by atoms with van der Waals surface area (Å²) in [4.78, 5) is 6.53. The number of nitrogens with zero attached hydrogens (tertiary/aromatic N) is 2. The minimum absolute atomic E-state index is 0.237. The summed E-state index contributed by atoms with van der Waals surface area (Å²) in [6.07, 6.45) is 5.67. The Labute approximate surface area is 125 Å². The molecule has 0 saturated carbocycles. The van der Waals surface area contributed by atoms with E-state index in [0.29, 0.717) is 6.61 Å². The van der Waals surface area contributed by atoms with Crippen LogP contribution in [-0.4, -0.2) is 36.2 Å². The van der Waals surface area contributed by atoms with Crippen LogP contribution in [-0.2, 0) is 17.6 Å². The van der Waals surface area contributed by atoms with Crippen molar-refractivity contribution in [2.45, 2.75) is 25.8 Å². The summed E-state index contributed by atoms with van der Waals surface area (Å²) in [6.45, 7) is 5.60. The van der Waals surface area contributed by atoms with E-state index >= 15 is 0 Å². The zero-order chi connectivity index (χ0) is 14.5. The Morgan fingerprint density at radius 1 is 1.24 bits per heavy atom. The van der Waals surface area contributed by atoms with Crippen molar-refractivity contribution in [3.8, 4) is 0 Å². The fourth-order valence-corrected chi connectivity index (χ4v) is 2.75. The molecule has 0 aliphatic carbocycles. The van der Waals surface area contributed by atoms with Gasteiger partial charge in [0.25, 0.3) is 0 Å². The van der Waals surface area contributed by atoms with E-state index in [4.69, 9.17) is 9.15 Å². The van der Waals surface area contributed by atoms with Crippen molar-refractivity contribution in [3.63, 3.8) is 0 Å². The average Bonchev–Trinajstić information content (AvgIpc) is 3.03. The molecular weight excluding hydrogens is 264 g/mol. The van der Waals surface area contributed by atoms with Gasteiger partial charge < -0.3 is 9.15 Å². The van der Waals surface area contributed by atoms with Gasteiger partial charge in [-0.2, -0.15) is 0 Å². The van der Waals surface area contributed by atoms with Gasteiger partial charge in [0.15, 0.2) is 0 Å². The first-order chi connectivity index (χ1) is 10.4. The third kappa shape index (κ3) is 3.52. The monoisotopic (exact) mass is 286 g/mol. The fourth-order valence-electron chi connectivity index (χ4n) is 2.75. The van der Waals surface area contributed by atoms with Crippen molar-refractivity contribution < 1.29 is 9.15 Å². The van der Waals surface area contributed by atoms with Gasteiger partial charge in [-0.15, -0.1) is 0 Å². The molecule has 4 heteroatoms. The van der Waals surface area contributed by atoms with Crippen LogP contribution in [0.4, 0.5) is 0 Å². The molecule has 0 amide bonds. The lowest BCUT2D eigenvalue weighted by molar-refractivity contribution is -0.0157. The number of ether oxygens (including phenoxy) is 1. The topological polar surface area (TPSA) is 38.5 Å². The summed E-state index contributed by atoms with van der Waals surface area (Å²) < 4.78 is 11.6. The number of pyridine rings is 1. The molecule has 4 nitrogen and oxygen atoms in total. The molecule has 1 fully saturated rings. The molecule has 0 bridgehead atoms. The number of rotatable bonds is 5. The third-order valence-electron chi connectivity index (χ3n) is 4.04. The van der Waals surface area contributed by atoms with E-state index in [9.17, 15) is 0 Å². The molecule has 0 aromatic carbocycles. The minimum Gasteiger partial charge on any atom is -0.464 e. The van der Waals surface area contributed by atoms with Crippen LogP contribution in [0, 0.1) is 0 Å². The van der Waals surface area contributed by atoms with Gasteiger partial charge in [0.1, 0.15) is 11.5 Å². The first-order valence-electron chi connectivity index (χ1n) is 7.66. The Kier molecular flexibility index (Phi) is 4.68. The number of aromatic nitrogens is 1. The Bertz CT molecular complexity index is 553. The van der Waals surface area contributed by atoms with Crippen LogP contribution in [0.5, 0.6) is 0 Å². The lowest BCUT2D eigenvalue weighted by Gasteiger charge is -2.34. The number of hydrogen-bond donors (Lipinski definition) is 0. The van der Waals surface area contributed by atoms with E-state index in [-0.39, 0.29) is 6.04 Å².